The van der Waals surface area contributed by atoms with Gasteiger partial charge in [-0.25, -0.2) is 4.79 Å². The average molecular weight is 569 g/mol. The van der Waals surface area contributed by atoms with Crippen molar-refractivity contribution in [3.8, 4) is 5.75 Å². The Kier molecular flexibility index (Phi) is 11.0. The topological polar surface area (TPSA) is 102 Å². The Hall–Kier alpha value is -4.72. The van der Waals surface area contributed by atoms with E-state index in [1.165, 1.54) is 16.7 Å². The van der Waals surface area contributed by atoms with Crippen molar-refractivity contribution in [2.45, 2.75) is 51.9 Å². The third kappa shape index (κ3) is 8.39. The quantitative estimate of drug-likeness (QED) is 0.152. The SMILES string of the molecule is CC/C(=C(/c1ccccc1)c1ccc(OCCNC(=O)CCCCC(=O)ON2C(=O)CCC2=O)cc1)c1ccccc1. The van der Waals surface area contributed by atoms with Gasteiger partial charge in [0.05, 0.1) is 6.54 Å². The van der Waals surface area contributed by atoms with Crippen molar-refractivity contribution >= 4 is 34.8 Å². The molecule has 1 saturated heterocycles. The van der Waals surface area contributed by atoms with Crippen LogP contribution < -0.4 is 10.1 Å². The van der Waals surface area contributed by atoms with Gasteiger partial charge < -0.3 is 14.9 Å². The molecule has 3 aromatic rings. The van der Waals surface area contributed by atoms with Crippen LogP contribution in [0.1, 0.15) is 68.6 Å². The lowest BCUT2D eigenvalue weighted by Crippen LogP contribution is -2.32. The first-order chi connectivity index (χ1) is 20.5. The number of carbonyl (C=O) groups excluding carboxylic acids is 4. The molecule has 1 aliphatic rings. The van der Waals surface area contributed by atoms with Gasteiger partial charge in [0, 0.05) is 25.7 Å². The third-order valence-corrected chi connectivity index (χ3v) is 6.91. The second kappa shape index (κ2) is 15.3. The molecule has 1 heterocycles. The number of nitrogens with one attached hydrogen (secondary N) is 1. The molecule has 1 fully saturated rings. The maximum absolute atomic E-state index is 12.1. The molecule has 0 saturated carbocycles. The highest BCUT2D eigenvalue weighted by Gasteiger charge is 2.32. The van der Waals surface area contributed by atoms with E-state index in [0.29, 0.717) is 36.8 Å². The van der Waals surface area contributed by atoms with Gasteiger partial charge in [-0.05, 0) is 59.2 Å². The summed E-state index contributed by atoms with van der Waals surface area (Å²) in [6.07, 6.45) is 2.16. The number of hydrogen-bond donors (Lipinski definition) is 1. The van der Waals surface area contributed by atoms with Gasteiger partial charge in [-0.1, -0.05) is 79.7 Å². The van der Waals surface area contributed by atoms with Gasteiger partial charge in [0.1, 0.15) is 12.4 Å². The van der Waals surface area contributed by atoms with Crippen LogP contribution in [0.2, 0.25) is 0 Å². The number of carbonyl (C=O) groups is 4. The molecular formula is C34H36N2O6. The predicted molar refractivity (Wildman–Crippen MR) is 160 cm³/mol. The lowest BCUT2D eigenvalue weighted by atomic mass is 9.88. The first-order valence-electron chi connectivity index (χ1n) is 14.4. The number of amides is 3. The fraction of sp³-hybridized carbons (Fsp3) is 0.294. The Morgan fingerprint density at radius 3 is 1.95 bits per heavy atom. The Morgan fingerprint density at radius 1 is 0.762 bits per heavy atom. The summed E-state index contributed by atoms with van der Waals surface area (Å²) in [5, 5.41) is 3.35. The molecule has 0 atom stereocenters. The zero-order valence-electron chi connectivity index (χ0n) is 23.8. The fourth-order valence-corrected chi connectivity index (χ4v) is 4.81. The Balaban J connectivity index is 1.23. The Morgan fingerprint density at radius 2 is 1.33 bits per heavy atom. The second-order valence-electron chi connectivity index (χ2n) is 9.91. The number of ether oxygens (including phenoxy) is 1. The van der Waals surface area contributed by atoms with Crippen LogP contribution in [-0.4, -0.2) is 41.9 Å². The van der Waals surface area contributed by atoms with Crippen LogP contribution in [0.4, 0.5) is 0 Å². The van der Waals surface area contributed by atoms with Crippen molar-refractivity contribution in [3.05, 3.63) is 102 Å². The summed E-state index contributed by atoms with van der Waals surface area (Å²) in [6, 6.07) is 28.8. The lowest BCUT2D eigenvalue weighted by Gasteiger charge is -2.17. The summed E-state index contributed by atoms with van der Waals surface area (Å²) in [7, 11) is 0. The molecule has 0 unspecified atom stereocenters. The van der Waals surface area contributed by atoms with Gasteiger partial charge in [-0.2, -0.15) is 0 Å². The van der Waals surface area contributed by atoms with E-state index in [1.807, 2.05) is 24.3 Å². The Labute approximate surface area is 246 Å². The first kappa shape index (κ1) is 30.2. The van der Waals surface area contributed by atoms with E-state index >= 15 is 0 Å². The molecule has 0 bridgehead atoms. The van der Waals surface area contributed by atoms with Crippen LogP contribution in [0.25, 0.3) is 11.1 Å². The molecule has 1 N–H and O–H groups in total. The molecule has 0 radical (unpaired) electrons. The maximum atomic E-state index is 12.1. The summed E-state index contributed by atoms with van der Waals surface area (Å²) in [5.41, 5.74) is 5.92. The number of imide groups is 1. The van der Waals surface area contributed by atoms with Crippen molar-refractivity contribution in [2.75, 3.05) is 13.2 Å². The summed E-state index contributed by atoms with van der Waals surface area (Å²) in [5.74, 6) is -1.10. The van der Waals surface area contributed by atoms with Gasteiger partial charge in [-0.15, -0.1) is 5.06 Å². The van der Waals surface area contributed by atoms with E-state index in [9.17, 15) is 19.2 Å². The van der Waals surface area contributed by atoms with E-state index in [4.69, 9.17) is 9.57 Å². The predicted octanol–water partition coefficient (Wildman–Crippen LogP) is 5.72. The molecule has 4 rings (SSSR count). The zero-order valence-corrected chi connectivity index (χ0v) is 23.8. The van der Waals surface area contributed by atoms with E-state index in [-0.39, 0.29) is 31.6 Å². The van der Waals surface area contributed by atoms with Crippen molar-refractivity contribution in [1.29, 1.82) is 0 Å². The fourth-order valence-electron chi connectivity index (χ4n) is 4.81. The van der Waals surface area contributed by atoms with Crippen molar-refractivity contribution in [3.63, 3.8) is 0 Å². The molecule has 0 aliphatic carbocycles. The van der Waals surface area contributed by atoms with Crippen molar-refractivity contribution in [2.24, 2.45) is 0 Å². The standard InChI is InChI=1S/C34H36N2O6/c1-2-29(25-11-5-3-6-12-25)34(26-13-7-4-8-14-26)27-17-19-28(20-18-27)41-24-23-35-30(37)15-9-10-16-33(40)42-36-31(38)21-22-32(36)39/h3-8,11-14,17-20H,2,9-10,15-16,21-24H2,1H3,(H,35,37)/b34-29+. The van der Waals surface area contributed by atoms with E-state index in [0.717, 1.165) is 17.5 Å². The van der Waals surface area contributed by atoms with Gasteiger partial charge in [0.15, 0.2) is 0 Å². The van der Waals surface area contributed by atoms with Crippen molar-refractivity contribution in [1.82, 2.24) is 10.4 Å². The van der Waals surface area contributed by atoms with Crippen LogP contribution in [0.5, 0.6) is 5.75 Å². The van der Waals surface area contributed by atoms with E-state index in [1.54, 1.807) is 0 Å². The van der Waals surface area contributed by atoms with Crippen LogP contribution in [0.3, 0.4) is 0 Å². The number of rotatable bonds is 14. The highest BCUT2D eigenvalue weighted by Crippen LogP contribution is 2.34. The summed E-state index contributed by atoms with van der Waals surface area (Å²) in [4.78, 5) is 51.8. The van der Waals surface area contributed by atoms with Crippen molar-refractivity contribution < 1.29 is 28.8 Å². The molecule has 8 heteroatoms. The number of allylic oxidation sites excluding steroid dienone is 1. The molecular weight excluding hydrogens is 532 g/mol. The first-order valence-corrected chi connectivity index (χ1v) is 14.4. The number of nitrogens with zero attached hydrogens (tertiary/aromatic N) is 1. The molecule has 3 aromatic carbocycles. The molecule has 1 aliphatic heterocycles. The molecule has 218 valence electrons. The van der Waals surface area contributed by atoms with E-state index < -0.39 is 17.8 Å². The average Bonchev–Trinajstić information content (AvgIpc) is 3.33. The number of hydroxylamine groups is 2. The monoisotopic (exact) mass is 568 g/mol. The molecule has 42 heavy (non-hydrogen) atoms. The largest absolute Gasteiger partial charge is 0.492 e. The number of benzene rings is 3. The summed E-state index contributed by atoms with van der Waals surface area (Å²) < 4.78 is 5.85. The third-order valence-electron chi connectivity index (χ3n) is 6.91. The smallest absolute Gasteiger partial charge is 0.333 e. The number of hydrogen-bond acceptors (Lipinski definition) is 6. The highest BCUT2D eigenvalue weighted by atomic mass is 16.7. The van der Waals surface area contributed by atoms with Crippen LogP contribution in [-0.2, 0) is 24.0 Å². The molecule has 0 spiro atoms. The summed E-state index contributed by atoms with van der Waals surface area (Å²) >= 11 is 0. The summed E-state index contributed by atoms with van der Waals surface area (Å²) in [6.45, 7) is 2.85. The maximum Gasteiger partial charge on any atom is 0.333 e. The minimum Gasteiger partial charge on any atom is -0.492 e. The lowest BCUT2D eigenvalue weighted by molar-refractivity contribution is -0.197. The van der Waals surface area contributed by atoms with Crippen LogP contribution in [0, 0.1) is 0 Å². The van der Waals surface area contributed by atoms with Gasteiger partial charge in [0.25, 0.3) is 11.8 Å². The molecule has 8 nitrogen and oxygen atoms in total. The minimum atomic E-state index is -0.657. The number of unbranched alkanes of at least 4 members (excludes halogenated alkanes) is 1. The minimum absolute atomic E-state index is 0.0235. The van der Waals surface area contributed by atoms with Gasteiger partial charge in [-0.3, -0.25) is 14.4 Å². The van der Waals surface area contributed by atoms with E-state index in [2.05, 4.69) is 72.9 Å². The van der Waals surface area contributed by atoms with Gasteiger partial charge in [0.2, 0.25) is 5.91 Å². The van der Waals surface area contributed by atoms with Crippen LogP contribution in [0.15, 0.2) is 84.9 Å². The highest BCUT2D eigenvalue weighted by molar-refractivity contribution is 6.01. The zero-order chi connectivity index (χ0) is 29.7. The normalized spacial score (nSPS) is 13.5. The second-order valence-corrected chi connectivity index (χ2v) is 9.91. The van der Waals surface area contributed by atoms with Crippen LogP contribution >= 0.6 is 0 Å². The Bertz CT molecular complexity index is 1380. The van der Waals surface area contributed by atoms with Gasteiger partial charge >= 0.3 is 5.97 Å². The molecule has 0 aromatic heterocycles. The molecule has 3 amide bonds.